The highest BCUT2D eigenvalue weighted by Gasteiger charge is 2.68. The van der Waals surface area contributed by atoms with E-state index < -0.39 is 101 Å². The number of phenolic OH excluding ortho intramolecular Hbond substituents is 1. The van der Waals surface area contributed by atoms with Gasteiger partial charge in [0, 0.05) is 30.1 Å². The van der Waals surface area contributed by atoms with E-state index in [1.807, 2.05) is 0 Å². The Labute approximate surface area is 226 Å². The van der Waals surface area contributed by atoms with E-state index in [4.69, 9.17) is 5.73 Å². The maximum atomic E-state index is 13.9. The van der Waals surface area contributed by atoms with Gasteiger partial charge >= 0.3 is 6.18 Å². The average molecular weight is 570 g/mol. The predicted molar refractivity (Wildman–Crippen MR) is 133 cm³/mol. The number of nitrogens with zero attached hydrogens (tertiary/aromatic N) is 1. The van der Waals surface area contributed by atoms with E-state index in [1.165, 1.54) is 31.1 Å². The molecule has 14 heteroatoms. The number of ketones is 2. The van der Waals surface area contributed by atoms with E-state index in [0.717, 1.165) is 0 Å². The monoisotopic (exact) mass is 569 g/mol. The fraction of sp³-hybridized carbons (Fsp3) is 0.500. The summed E-state index contributed by atoms with van der Waals surface area (Å²) in [5.74, 6) is -10.1. The van der Waals surface area contributed by atoms with Crippen molar-refractivity contribution in [3.63, 3.8) is 0 Å². The molecule has 1 saturated carbocycles. The van der Waals surface area contributed by atoms with Crippen molar-refractivity contribution < 1.29 is 53.1 Å². The van der Waals surface area contributed by atoms with Gasteiger partial charge in [-0.1, -0.05) is 19.1 Å². The van der Waals surface area contributed by atoms with Gasteiger partial charge in [0.1, 0.15) is 22.8 Å². The highest BCUT2D eigenvalue weighted by atomic mass is 19.4. The van der Waals surface area contributed by atoms with Gasteiger partial charge in [-0.2, -0.15) is 13.2 Å². The van der Waals surface area contributed by atoms with E-state index >= 15 is 0 Å². The number of primary amides is 1. The third-order valence-electron chi connectivity index (χ3n) is 8.11. The smallest absolute Gasteiger partial charge is 0.390 e. The first kappa shape index (κ1) is 29.5. The van der Waals surface area contributed by atoms with Crippen LogP contribution in [0.3, 0.4) is 0 Å². The number of amides is 1. The molecule has 0 bridgehead atoms. The summed E-state index contributed by atoms with van der Waals surface area (Å²) in [6.07, 6.45) is -7.22. The summed E-state index contributed by atoms with van der Waals surface area (Å²) < 4.78 is 37.4. The van der Waals surface area contributed by atoms with Gasteiger partial charge in [-0.15, -0.1) is 0 Å². The van der Waals surface area contributed by atoms with E-state index in [0.29, 0.717) is 5.56 Å². The van der Waals surface area contributed by atoms with Crippen LogP contribution < -0.4 is 11.1 Å². The fourth-order valence-electron chi connectivity index (χ4n) is 6.26. The number of alkyl halides is 3. The molecule has 40 heavy (non-hydrogen) atoms. The van der Waals surface area contributed by atoms with Crippen LogP contribution in [0.15, 0.2) is 29.0 Å². The summed E-state index contributed by atoms with van der Waals surface area (Å²) in [5, 5.41) is 58.9. The van der Waals surface area contributed by atoms with E-state index in [9.17, 15) is 53.1 Å². The lowest BCUT2D eigenvalue weighted by molar-refractivity contribution is -0.169. The number of nitrogens with two attached hydrogens (primary N) is 1. The molecule has 11 nitrogen and oxygen atoms in total. The number of likely N-dealkylation sites (N-methyl/N-ethyl adjacent to an activating group) is 1. The second-order valence-electron chi connectivity index (χ2n) is 10.6. The lowest BCUT2D eigenvalue weighted by Gasteiger charge is -2.53. The number of hydrogen-bond acceptors (Lipinski definition) is 10. The first-order valence-electron chi connectivity index (χ1n) is 12.4. The third-order valence-corrected chi connectivity index (χ3v) is 8.11. The van der Waals surface area contributed by atoms with Gasteiger partial charge in [-0.3, -0.25) is 19.3 Å². The van der Waals surface area contributed by atoms with Crippen LogP contribution in [-0.2, 0) is 20.9 Å². The number of carbonyl (C=O) groups excluding carboxylic acids is 3. The number of halogens is 3. The maximum Gasteiger partial charge on any atom is 0.390 e. The summed E-state index contributed by atoms with van der Waals surface area (Å²) in [6, 6.07) is 1.46. The van der Waals surface area contributed by atoms with Gasteiger partial charge < -0.3 is 36.6 Å². The molecule has 3 aliphatic rings. The molecule has 0 radical (unpaired) electrons. The number of benzene rings is 1. The van der Waals surface area contributed by atoms with Crippen LogP contribution in [0.4, 0.5) is 13.2 Å². The Hall–Kier alpha value is -3.46. The standard InChI is InChI=1S/C26H30F3N3O8/c1-9-11-5-4-10(8-31-7-6-25(27,28)29)18(33)13(11)19(34)14-12(9)20(35)16-17(32(2)3)21(36)15(24(30)39)23(38)26(16,40)22(14)37/h4-5,9,12,16-17,20,31,33-35,38,40H,6-8H2,1-3H3,(H2,30,39)/t9-,12?,16?,17-,20-,26-/m0/s1. The predicted octanol–water partition coefficient (Wildman–Crippen LogP) is 0.538. The second kappa shape index (κ2) is 9.87. The van der Waals surface area contributed by atoms with Crippen LogP contribution in [0.2, 0.25) is 0 Å². The molecule has 0 heterocycles. The lowest BCUT2D eigenvalue weighted by Crippen LogP contribution is -2.70. The zero-order chi connectivity index (χ0) is 30.1. The van der Waals surface area contributed by atoms with Gasteiger partial charge in [0.15, 0.2) is 11.4 Å². The summed E-state index contributed by atoms with van der Waals surface area (Å²) in [4.78, 5) is 40.4. The molecule has 1 aromatic rings. The van der Waals surface area contributed by atoms with Gasteiger partial charge in [-0.25, -0.2) is 0 Å². The second-order valence-corrected chi connectivity index (χ2v) is 10.6. The number of nitrogens with one attached hydrogen (secondary N) is 1. The number of fused-ring (bicyclic) bond motifs is 3. The van der Waals surface area contributed by atoms with E-state index in [1.54, 1.807) is 6.92 Å². The molecule has 0 aromatic heterocycles. The Morgan fingerprint density at radius 2 is 1.80 bits per heavy atom. The Bertz CT molecular complexity index is 1360. The van der Waals surface area contributed by atoms with E-state index in [-0.39, 0.29) is 17.7 Å². The molecule has 8 N–H and O–H groups in total. The van der Waals surface area contributed by atoms with Crippen LogP contribution in [0.25, 0.3) is 5.76 Å². The van der Waals surface area contributed by atoms with Crippen molar-refractivity contribution in [3.05, 3.63) is 45.7 Å². The van der Waals surface area contributed by atoms with Gasteiger partial charge in [-0.05, 0) is 25.6 Å². The highest BCUT2D eigenvalue weighted by Crippen LogP contribution is 2.56. The quantitative estimate of drug-likeness (QED) is 0.188. The molecule has 1 fully saturated rings. The molecule has 1 amide bonds. The number of aliphatic hydroxyl groups excluding tert-OH is 3. The molecule has 0 saturated heterocycles. The van der Waals surface area contributed by atoms with Crippen molar-refractivity contribution in [1.29, 1.82) is 0 Å². The van der Waals surface area contributed by atoms with Crippen LogP contribution in [0.1, 0.15) is 36.0 Å². The number of phenols is 1. The largest absolute Gasteiger partial charge is 0.508 e. The number of aliphatic hydroxyl groups is 4. The zero-order valence-electron chi connectivity index (χ0n) is 21.8. The molecule has 1 aromatic carbocycles. The Balaban J connectivity index is 1.86. The molecule has 3 aliphatic carbocycles. The van der Waals surface area contributed by atoms with Crippen LogP contribution >= 0.6 is 0 Å². The molecular weight excluding hydrogens is 539 g/mol. The summed E-state index contributed by atoms with van der Waals surface area (Å²) >= 11 is 0. The number of rotatable bonds is 6. The topological polar surface area (TPSA) is 194 Å². The molecule has 2 unspecified atom stereocenters. The molecule has 0 aliphatic heterocycles. The molecule has 0 spiro atoms. The SMILES string of the molecule is C[C@H]1c2ccc(CNCCC(F)(F)F)c(O)c2C(O)=C2C(=O)[C@]3(O)C(O)=C(C(N)=O)C(=O)[C@@H](N(C)C)C3[C@@H](O)C21. The first-order chi connectivity index (χ1) is 18.5. The van der Waals surface area contributed by atoms with Crippen molar-refractivity contribution in [2.24, 2.45) is 17.6 Å². The number of Topliss-reactive ketones (excluding diaryl/α,β-unsaturated/α-hetero) is 2. The Morgan fingerprint density at radius 3 is 2.35 bits per heavy atom. The number of aromatic hydroxyl groups is 1. The van der Waals surface area contributed by atoms with Crippen LogP contribution in [0.5, 0.6) is 5.75 Å². The zero-order valence-corrected chi connectivity index (χ0v) is 21.8. The van der Waals surface area contributed by atoms with Gasteiger partial charge in [0.25, 0.3) is 5.91 Å². The van der Waals surface area contributed by atoms with Gasteiger partial charge in [0.2, 0.25) is 5.78 Å². The normalized spacial score (nSPS) is 30.4. The van der Waals surface area contributed by atoms with Crippen LogP contribution in [-0.4, -0.2) is 92.5 Å². The van der Waals surface area contributed by atoms with E-state index in [2.05, 4.69) is 5.32 Å². The summed E-state index contributed by atoms with van der Waals surface area (Å²) in [7, 11) is 2.82. The van der Waals surface area contributed by atoms with Crippen molar-refractivity contribution in [2.45, 2.75) is 49.7 Å². The molecule has 218 valence electrons. The molecule has 6 atom stereocenters. The Morgan fingerprint density at radius 1 is 1.18 bits per heavy atom. The van der Waals surface area contributed by atoms with Crippen LogP contribution in [0, 0.1) is 11.8 Å². The lowest BCUT2D eigenvalue weighted by atomic mass is 9.54. The number of carbonyl (C=O) groups is 3. The highest BCUT2D eigenvalue weighted by molar-refractivity contribution is 6.24. The Kier molecular flexibility index (Phi) is 7.28. The third kappa shape index (κ3) is 4.26. The van der Waals surface area contributed by atoms with Gasteiger partial charge in [0.05, 0.1) is 30.0 Å². The van der Waals surface area contributed by atoms with Crippen molar-refractivity contribution >= 4 is 23.2 Å². The maximum absolute atomic E-state index is 13.9. The van der Waals surface area contributed by atoms with Crippen molar-refractivity contribution in [2.75, 3.05) is 20.6 Å². The van der Waals surface area contributed by atoms with Crippen molar-refractivity contribution in [1.82, 2.24) is 10.2 Å². The summed E-state index contributed by atoms with van der Waals surface area (Å²) in [6.45, 7) is 0.928. The minimum atomic E-state index is -4.39. The number of hydrogen-bond donors (Lipinski definition) is 7. The average Bonchev–Trinajstić information content (AvgIpc) is 2.84. The minimum absolute atomic E-state index is 0.105. The van der Waals surface area contributed by atoms with Crippen molar-refractivity contribution in [3.8, 4) is 5.75 Å². The minimum Gasteiger partial charge on any atom is -0.508 e. The first-order valence-corrected chi connectivity index (χ1v) is 12.4. The molecule has 4 rings (SSSR count). The fourth-order valence-corrected chi connectivity index (χ4v) is 6.26. The summed E-state index contributed by atoms with van der Waals surface area (Å²) in [5.41, 5.74) is 0.850. The molecular formula is C26H30F3N3O8.